The summed E-state index contributed by atoms with van der Waals surface area (Å²) in [6.07, 6.45) is 5.74. The lowest BCUT2D eigenvalue weighted by Gasteiger charge is -2.50. The number of carbonyl (C=O) groups is 2. The summed E-state index contributed by atoms with van der Waals surface area (Å²) >= 11 is 0. The van der Waals surface area contributed by atoms with Gasteiger partial charge in [0.15, 0.2) is 0 Å². The number of amides is 1. The minimum atomic E-state index is -0.756. The first kappa shape index (κ1) is 16.1. The fourth-order valence-electron chi connectivity index (χ4n) is 3.68. The zero-order chi connectivity index (χ0) is 16.4. The summed E-state index contributed by atoms with van der Waals surface area (Å²) < 4.78 is 11.2. The number of carbonyl (C=O) groups excluding carboxylic acids is 1. The average molecular weight is 321 g/mol. The molecule has 3 rings (SSSR count). The summed E-state index contributed by atoms with van der Waals surface area (Å²) in [6.45, 7) is 2.60. The molecular weight excluding hydrogens is 298 g/mol. The van der Waals surface area contributed by atoms with Crippen LogP contribution in [0.25, 0.3) is 0 Å². The zero-order valence-corrected chi connectivity index (χ0v) is 13.3. The van der Waals surface area contributed by atoms with Gasteiger partial charge < -0.3 is 19.6 Å². The van der Waals surface area contributed by atoms with E-state index in [1.54, 1.807) is 12.3 Å². The number of hydrogen-bond acceptors (Lipinski definition) is 4. The van der Waals surface area contributed by atoms with E-state index in [4.69, 9.17) is 14.3 Å². The van der Waals surface area contributed by atoms with Gasteiger partial charge in [0, 0.05) is 19.1 Å². The van der Waals surface area contributed by atoms with Gasteiger partial charge in [0.25, 0.3) is 5.91 Å². The molecule has 0 bridgehead atoms. The Labute approximate surface area is 135 Å². The summed E-state index contributed by atoms with van der Waals surface area (Å²) in [5.74, 6) is -0.456. The SMILES string of the molecule is CCCc1occc1C(=O)NC1CCOC2(C1)CC(C(=O)O)C2. The van der Waals surface area contributed by atoms with E-state index in [2.05, 4.69) is 5.32 Å². The lowest BCUT2D eigenvalue weighted by Crippen LogP contribution is -2.56. The molecular formula is C17H23NO5. The topological polar surface area (TPSA) is 88.8 Å². The van der Waals surface area contributed by atoms with Gasteiger partial charge in [-0.1, -0.05) is 6.92 Å². The molecule has 1 saturated carbocycles. The molecule has 1 aliphatic heterocycles. The van der Waals surface area contributed by atoms with Crippen molar-refractivity contribution in [2.24, 2.45) is 5.92 Å². The second kappa shape index (κ2) is 6.35. The van der Waals surface area contributed by atoms with E-state index in [0.29, 0.717) is 31.4 Å². The Hall–Kier alpha value is -1.82. The molecule has 6 heteroatoms. The van der Waals surface area contributed by atoms with Crippen LogP contribution in [0.3, 0.4) is 0 Å². The Bertz CT molecular complexity index is 588. The first-order chi connectivity index (χ1) is 11.0. The highest BCUT2D eigenvalue weighted by atomic mass is 16.5. The van der Waals surface area contributed by atoms with Crippen LogP contribution in [-0.2, 0) is 16.0 Å². The van der Waals surface area contributed by atoms with E-state index in [1.807, 2.05) is 6.92 Å². The monoisotopic (exact) mass is 321 g/mol. The number of nitrogens with one attached hydrogen (secondary N) is 1. The van der Waals surface area contributed by atoms with Gasteiger partial charge in [-0.3, -0.25) is 9.59 Å². The first-order valence-corrected chi connectivity index (χ1v) is 8.27. The van der Waals surface area contributed by atoms with Crippen molar-refractivity contribution in [2.45, 2.75) is 57.1 Å². The van der Waals surface area contributed by atoms with Crippen molar-refractivity contribution < 1.29 is 23.8 Å². The van der Waals surface area contributed by atoms with Crippen LogP contribution in [0.2, 0.25) is 0 Å². The summed E-state index contributed by atoms with van der Waals surface area (Å²) in [6, 6.07) is 1.73. The van der Waals surface area contributed by atoms with E-state index in [-0.39, 0.29) is 23.5 Å². The second-order valence-corrected chi connectivity index (χ2v) is 6.65. The van der Waals surface area contributed by atoms with Crippen molar-refractivity contribution in [1.29, 1.82) is 0 Å². The van der Waals surface area contributed by atoms with Gasteiger partial charge in [-0.05, 0) is 38.2 Å². The fraction of sp³-hybridized carbons (Fsp3) is 0.647. The standard InChI is InChI=1S/C17H23NO5/c1-2-3-14-13(5-6-22-14)15(19)18-12-4-7-23-17(10-12)8-11(9-17)16(20)21/h5-6,11-12H,2-4,7-10H2,1H3,(H,18,19)(H,20,21). The van der Waals surface area contributed by atoms with Crippen LogP contribution >= 0.6 is 0 Å². The Morgan fingerprint density at radius 1 is 1.39 bits per heavy atom. The van der Waals surface area contributed by atoms with E-state index in [9.17, 15) is 9.59 Å². The largest absolute Gasteiger partial charge is 0.481 e. The molecule has 6 nitrogen and oxygen atoms in total. The minimum Gasteiger partial charge on any atom is -0.481 e. The van der Waals surface area contributed by atoms with E-state index >= 15 is 0 Å². The molecule has 1 spiro atoms. The van der Waals surface area contributed by atoms with Gasteiger partial charge in [-0.15, -0.1) is 0 Å². The molecule has 1 atom stereocenters. The van der Waals surface area contributed by atoms with Gasteiger partial charge in [-0.2, -0.15) is 0 Å². The minimum absolute atomic E-state index is 0.0235. The lowest BCUT2D eigenvalue weighted by molar-refractivity contribution is -0.181. The summed E-state index contributed by atoms with van der Waals surface area (Å²) in [5, 5.41) is 12.1. The molecule has 1 aromatic rings. The van der Waals surface area contributed by atoms with Crippen molar-refractivity contribution in [3.05, 3.63) is 23.7 Å². The number of carboxylic acid groups (broad SMARTS) is 1. The van der Waals surface area contributed by atoms with E-state index in [0.717, 1.165) is 25.0 Å². The Morgan fingerprint density at radius 2 is 2.17 bits per heavy atom. The van der Waals surface area contributed by atoms with Crippen molar-refractivity contribution in [1.82, 2.24) is 5.32 Å². The molecule has 1 amide bonds. The van der Waals surface area contributed by atoms with E-state index < -0.39 is 5.97 Å². The molecule has 0 radical (unpaired) electrons. The summed E-state index contributed by atoms with van der Waals surface area (Å²) in [5.41, 5.74) is 0.242. The Kier molecular flexibility index (Phi) is 4.43. The molecule has 2 N–H and O–H groups in total. The lowest BCUT2D eigenvalue weighted by atomic mass is 9.66. The Morgan fingerprint density at radius 3 is 2.87 bits per heavy atom. The van der Waals surface area contributed by atoms with Crippen LogP contribution in [0, 0.1) is 5.92 Å². The van der Waals surface area contributed by atoms with Crippen LogP contribution in [0.1, 0.15) is 55.1 Å². The predicted octanol–water partition coefficient (Wildman–Crippen LogP) is 2.37. The highest BCUT2D eigenvalue weighted by Crippen LogP contribution is 2.46. The predicted molar refractivity (Wildman–Crippen MR) is 82.2 cm³/mol. The van der Waals surface area contributed by atoms with Gasteiger partial charge in [0.1, 0.15) is 5.76 Å². The van der Waals surface area contributed by atoms with Crippen LogP contribution in [-0.4, -0.2) is 35.2 Å². The van der Waals surface area contributed by atoms with Crippen molar-refractivity contribution in [2.75, 3.05) is 6.61 Å². The highest BCUT2D eigenvalue weighted by Gasteiger charge is 2.51. The van der Waals surface area contributed by atoms with Gasteiger partial charge in [0.2, 0.25) is 0 Å². The molecule has 2 heterocycles. The fourth-order valence-corrected chi connectivity index (χ4v) is 3.68. The summed E-state index contributed by atoms with van der Waals surface area (Å²) in [4.78, 5) is 23.4. The average Bonchev–Trinajstić information content (AvgIpc) is 2.93. The molecule has 126 valence electrons. The third-order valence-corrected chi connectivity index (χ3v) is 4.88. The highest BCUT2D eigenvalue weighted by molar-refractivity contribution is 5.95. The van der Waals surface area contributed by atoms with Gasteiger partial charge in [0.05, 0.1) is 23.3 Å². The number of aliphatic carboxylic acids is 1. The van der Waals surface area contributed by atoms with Crippen LogP contribution < -0.4 is 5.32 Å². The maximum atomic E-state index is 12.5. The maximum Gasteiger partial charge on any atom is 0.306 e. The summed E-state index contributed by atoms with van der Waals surface area (Å²) in [7, 11) is 0. The first-order valence-electron chi connectivity index (χ1n) is 8.27. The van der Waals surface area contributed by atoms with Crippen LogP contribution in [0.5, 0.6) is 0 Å². The zero-order valence-electron chi connectivity index (χ0n) is 13.3. The number of carboxylic acids is 1. The molecule has 23 heavy (non-hydrogen) atoms. The smallest absolute Gasteiger partial charge is 0.306 e. The molecule has 1 unspecified atom stereocenters. The third-order valence-electron chi connectivity index (χ3n) is 4.88. The van der Waals surface area contributed by atoms with Gasteiger partial charge >= 0.3 is 5.97 Å². The van der Waals surface area contributed by atoms with Crippen LogP contribution in [0.15, 0.2) is 16.7 Å². The maximum absolute atomic E-state index is 12.5. The molecule has 0 aromatic carbocycles. The number of hydrogen-bond donors (Lipinski definition) is 2. The number of furan rings is 1. The van der Waals surface area contributed by atoms with Gasteiger partial charge in [-0.25, -0.2) is 0 Å². The van der Waals surface area contributed by atoms with Crippen molar-refractivity contribution in [3.63, 3.8) is 0 Å². The third kappa shape index (κ3) is 3.27. The van der Waals surface area contributed by atoms with Crippen molar-refractivity contribution >= 4 is 11.9 Å². The van der Waals surface area contributed by atoms with E-state index in [1.165, 1.54) is 0 Å². The Balaban J connectivity index is 1.59. The molecule has 1 aromatic heterocycles. The molecule has 1 saturated heterocycles. The molecule has 1 aliphatic carbocycles. The van der Waals surface area contributed by atoms with Crippen LogP contribution in [0.4, 0.5) is 0 Å². The number of ether oxygens (including phenoxy) is 1. The quantitative estimate of drug-likeness (QED) is 0.869. The molecule has 2 fully saturated rings. The number of rotatable bonds is 5. The normalized spacial score (nSPS) is 30.0. The van der Waals surface area contributed by atoms with Crippen molar-refractivity contribution in [3.8, 4) is 0 Å². The molecule has 2 aliphatic rings. The second-order valence-electron chi connectivity index (χ2n) is 6.65. The number of aryl methyl sites for hydroxylation is 1.